The van der Waals surface area contributed by atoms with E-state index in [4.69, 9.17) is 34.6 Å². The summed E-state index contributed by atoms with van der Waals surface area (Å²) in [6.07, 6.45) is 42.0. The molecule has 0 saturated heterocycles. The molecule has 0 amide bonds. The van der Waals surface area contributed by atoms with E-state index in [9.17, 15) is 0 Å². The minimum Gasteiger partial charge on any atom is -0.822 e. The summed E-state index contributed by atoms with van der Waals surface area (Å²) in [5.41, 5.74) is 0. The molecule has 0 aliphatic rings. The zero-order valence-corrected chi connectivity index (χ0v) is 42.2. The summed E-state index contributed by atoms with van der Waals surface area (Å²) >= 11 is 0. The van der Waals surface area contributed by atoms with Crippen LogP contribution in [0.15, 0.2) is 0 Å². The minimum absolute atomic E-state index is 0.310. The molecule has 0 aliphatic carbocycles. The van der Waals surface area contributed by atoms with Gasteiger partial charge >= 0.3 is 0 Å². The minimum atomic E-state index is -5.39. The molecule has 0 rings (SSSR count). The molecule has 362 valence electrons. The molecule has 11 heteroatoms. The van der Waals surface area contributed by atoms with Gasteiger partial charge in [0.05, 0.1) is 81.7 Å². The van der Waals surface area contributed by atoms with E-state index in [0.29, 0.717) is 19.8 Å². The molecule has 0 heterocycles. The van der Waals surface area contributed by atoms with Gasteiger partial charge in [0, 0.05) is 0 Å². The lowest BCUT2D eigenvalue weighted by atomic mass is 10.1. The van der Waals surface area contributed by atoms with Gasteiger partial charge in [0.2, 0.25) is 0 Å². The maximum atomic E-state index is 8.95. The second-order valence-corrected chi connectivity index (χ2v) is 20.2. The molecular formula is C48H108N3O7P. The van der Waals surface area contributed by atoms with Crippen LogP contribution in [0.5, 0.6) is 0 Å². The number of hydrogen-bond acceptors (Lipinski definition) is 7. The molecule has 59 heavy (non-hydrogen) atoms. The molecule has 10 nitrogen and oxygen atoms in total. The Morgan fingerprint density at radius 3 is 0.576 bits per heavy atom. The van der Waals surface area contributed by atoms with E-state index in [0.717, 1.165) is 33.1 Å². The van der Waals surface area contributed by atoms with Crippen LogP contribution < -0.4 is 14.7 Å². The van der Waals surface area contributed by atoms with Crippen molar-refractivity contribution in [2.24, 2.45) is 0 Å². The first-order valence-corrected chi connectivity index (χ1v) is 26.3. The summed E-state index contributed by atoms with van der Waals surface area (Å²) in [4.78, 5) is 25.6. The fraction of sp³-hybridized carbons (Fsp3) is 1.00. The van der Waals surface area contributed by atoms with Crippen molar-refractivity contribution in [3.05, 3.63) is 0 Å². The Morgan fingerprint density at radius 2 is 0.441 bits per heavy atom. The number of quaternary nitrogens is 3. The fourth-order valence-corrected chi connectivity index (χ4v) is 7.23. The first-order chi connectivity index (χ1) is 27.9. The maximum absolute atomic E-state index is 8.95. The molecule has 0 atom stereocenters. The van der Waals surface area contributed by atoms with Gasteiger partial charge in [-0.2, -0.15) is 7.82 Å². The zero-order chi connectivity index (χ0) is 45.6. The van der Waals surface area contributed by atoms with E-state index in [-0.39, 0.29) is 0 Å². The van der Waals surface area contributed by atoms with Crippen molar-refractivity contribution in [3.63, 3.8) is 0 Å². The van der Waals surface area contributed by atoms with Crippen LogP contribution in [0.1, 0.15) is 213 Å². The molecule has 0 aromatic carbocycles. The summed E-state index contributed by atoms with van der Waals surface area (Å²) in [5.74, 6) is 0. The molecule has 0 aromatic heterocycles. The largest absolute Gasteiger partial charge is 0.822 e. The van der Waals surface area contributed by atoms with Gasteiger partial charge in [-0.25, -0.2) is 0 Å². The van der Waals surface area contributed by atoms with E-state index in [2.05, 4.69) is 63.1 Å². The molecular weight excluding hydrogens is 762 g/mol. The molecule has 0 unspecified atom stereocenters. The monoisotopic (exact) mass is 870 g/mol. The number of aliphatic hydroxyl groups is 3. The van der Waals surface area contributed by atoms with E-state index >= 15 is 0 Å². The van der Waals surface area contributed by atoms with Gasteiger partial charge in [0.1, 0.15) is 19.6 Å². The molecule has 0 spiro atoms. The summed E-state index contributed by atoms with van der Waals surface area (Å²) in [6.45, 7) is 14.0. The molecule has 0 radical (unpaired) electrons. The highest BCUT2D eigenvalue weighted by Crippen LogP contribution is 2.14. The Hall–Kier alpha value is -0.130. The summed E-state index contributed by atoms with van der Waals surface area (Å²) in [6, 6.07) is 0. The van der Waals surface area contributed by atoms with Gasteiger partial charge < -0.3 is 48.0 Å². The van der Waals surface area contributed by atoms with Crippen molar-refractivity contribution < 1.29 is 48.0 Å². The van der Waals surface area contributed by atoms with Crippen LogP contribution in [0, 0.1) is 0 Å². The molecule has 0 aromatic rings. The smallest absolute Gasteiger partial charge is 0.102 e. The Balaban J connectivity index is -0.000000362. The van der Waals surface area contributed by atoms with E-state index < -0.39 is 7.82 Å². The SMILES string of the molecule is CCCCCCCCCCCC[N+](C)(C)CCO.CCCCCCCCCCCC[N+](C)(C)CCO.CCCCCCCCCCCC[N+](C)(C)CCO.O=P([O-])([O-])[O-]. The zero-order valence-electron chi connectivity index (χ0n) is 41.3. The lowest BCUT2D eigenvalue weighted by Gasteiger charge is -2.36. The Labute approximate surface area is 369 Å². The lowest BCUT2D eigenvalue weighted by Crippen LogP contribution is -2.42. The van der Waals surface area contributed by atoms with Gasteiger partial charge in [-0.05, 0) is 38.5 Å². The van der Waals surface area contributed by atoms with E-state index in [1.807, 2.05) is 0 Å². The number of hydrogen-bond donors (Lipinski definition) is 3. The van der Waals surface area contributed by atoms with Crippen LogP contribution in [0.2, 0.25) is 0 Å². The van der Waals surface area contributed by atoms with Gasteiger partial charge in [0.25, 0.3) is 0 Å². The van der Waals surface area contributed by atoms with Gasteiger partial charge in [-0.15, -0.1) is 0 Å². The van der Waals surface area contributed by atoms with Crippen LogP contribution in [-0.4, -0.2) is 130 Å². The van der Waals surface area contributed by atoms with Crippen LogP contribution in [-0.2, 0) is 4.57 Å². The number of phosphoric acid groups is 1. The Morgan fingerprint density at radius 1 is 0.305 bits per heavy atom. The summed E-state index contributed by atoms with van der Waals surface area (Å²) in [7, 11) is 7.88. The fourth-order valence-electron chi connectivity index (χ4n) is 7.23. The number of unbranched alkanes of at least 4 members (excludes halogenated alkanes) is 27. The van der Waals surface area contributed by atoms with Crippen molar-refractivity contribution in [3.8, 4) is 0 Å². The predicted molar refractivity (Wildman–Crippen MR) is 250 cm³/mol. The quantitative estimate of drug-likeness (QED) is 0.0317. The average molecular weight is 870 g/mol. The Bertz CT molecular complexity index is 745. The topological polar surface area (TPSA) is 147 Å². The van der Waals surface area contributed by atoms with Gasteiger partial charge in [0.15, 0.2) is 0 Å². The highest BCUT2D eigenvalue weighted by Gasteiger charge is 2.14. The van der Waals surface area contributed by atoms with E-state index in [1.54, 1.807) is 0 Å². The summed E-state index contributed by atoms with van der Waals surface area (Å²) in [5, 5.41) is 26.8. The molecule has 0 bridgehead atoms. The number of rotatable bonds is 39. The van der Waals surface area contributed by atoms with Crippen LogP contribution in [0.3, 0.4) is 0 Å². The van der Waals surface area contributed by atoms with Crippen molar-refractivity contribution in [1.29, 1.82) is 0 Å². The average Bonchev–Trinajstić information content (AvgIpc) is 3.13. The number of nitrogens with zero attached hydrogens (tertiary/aromatic N) is 3. The number of likely N-dealkylation sites (N-methyl/N-ethyl adjacent to an activating group) is 3. The highest BCUT2D eigenvalue weighted by atomic mass is 31.2. The van der Waals surface area contributed by atoms with Crippen molar-refractivity contribution >= 4 is 7.82 Å². The summed E-state index contributed by atoms with van der Waals surface area (Å²) < 4.78 is 11.4. The molecule has 0 saturated carbocycles. The third-order valence-electron chi connectivity index (χ3n) is 11.5. The van der Waals surface area contributed by atoms with Gasteiger partial charge in [-0.1, -0.05) is 175 Å². The first kappa shape index (κ1) is 65.5. The third-order valence-corrected chi connectivity index (χ3v) is 11.5. The highest BCUT2D eigenvalue weighted by molar-refractivity contribution is 7.40. The second kappa shape index (κ2) is 47.4. The molecule has 0 fully saturated rings. The van der Waals surface area contributed by atoms with Crippen molar-refractivity contribution in [1.82, 2.24) is 0 Å². The molecule has 0 aliphatic heterocycles. The van der Waals surface area contributed by atoms with Crippen LogP contribution in [0.25, 0.3) is 0 Å². The standard InChI is InChI=1S/3C16H36NO.H3O4P/c3*1-4-5-6-7-8-9-10-11-12-13-14-17(2,3)15-16-18;1-5(2,3)4/h3*18H,4-16H2,1-3H3;(H3,1,2,3,4)/q3*+1;/p-3. The third kappa shape index (κ3) is 69.8. The normalized spacial score (nSPS) is 12.0. The van der Waals surface area contributed by atoms with Crippen molar-refractivity contribution in [2.75, 3.05) is 101 Å². The number of aliphatic hydroxyl groups excluding tert-OH is 3. The van der Waals surface area contributed by atoms with Gasteiger partial charge in [-0.3, -0.25) is 0 Å². The van der Waals surface area contributed by atoms with Crippen LogP contribution >= 0.6 is 7.82 Å². The van der Waals surface area contributed by atoms with Crippen molar-refractivity contribution in [2.45, 2.75) is 213 Å². The molecule has 3 N–H and O–H groups in total. The predicted octanol–water partition coefficient (Wildman–Crippen LogP) is 9.10. The lowest BCUT2D eigenvalue weighted by molar-refractivity contribution is -0.890. The van der Waals surface area contributed by atoms with Crippen LogP contribution in [0.4, 0.5) is 0 Å². The van der Waals surface area contributed by atoms with E-state index in [1.165, 1.54) is 212 Å². The Kier molecular flexibility index (Phi) is 52.6. The second-order valence-electron chi connectivity index (χ2n) is 19.3. The first-order valence-electron chi connectivity index (χ1n) is 24.9. The maximum Gasteiger partial charge on any atom is 0.102 e.